The summed E-state index contributed by atoms with van der Waals surface area (Å²) >= 11 is 0. The fourth-order valence-corrected chi connectivity index (χ4v) is 3.25. The fraction of sp³-hybridized carbons (Fsp3) is 0.409. The van der Waals surface area contributed by atoms with Gasteiger partial charge in [0.1, 0.15) is 18.1 Å². The summed E-state index contributed by atoms with van der Waals surface area (Å²) in [6.45, 7) is 7.58. The number of benzene rings is 2. The Labute approximate surface area is 161 Å². The van der Waals surface area contributed by atoms with Gasteiger partial charge in [0.25, 0.3) is 5.91 Å². The average molecular weight is 368 g/mol. The van der Waals surface area contributed by atoms with Crippen LogP contribution in [0.15, 0.2) is 54.6 Å². The van der Waals surface area contributed by atoms with Crippen LogP contribution < -0.4 is 9.47 Å². The van der Waals surface area contributed by atoms with Crippen molar-refractivity contribution in [3.8, 4) is 11.5 Å². The molecule has 0 saturated carbocycles. The van der Waals surface area contributed by atoms with Gasteiger partial charge in [0.2, 0.25) is 0 Å². The van der Waals surface area contributed by atoms with Gasteiger partial charge in [-0.15, -0.1) is 0 Å². The normalized spacial score (nSPS) is 15.2. The molecule has 5 nitrogen and oxygen atoms in total. The standard InChI is InChI=1S/C22H28N2O3/c1-2-26-20-9-11-21(12-10-20)27-18-17-23-13-6-14-24(16-15-23)22(25)19-7-4-3-5-8-19/h3-5,7-12H,2,6,13-18H2,1H3. The first-order valence-corrected chi connectivity index (χ1v) is 9.68. The van der Waals surface area contributed by atoms with Crippen molar-refractivity contribution in [1.82, 2.24) is 9.80 Å². The molecule has 5 heteroatoms. The predicted molar refractivity (Wildman–Crippen MR) is 107 cm³/mol. The van der Waals surface area contributed by atoms with E-state index in [0.29, 0.717) is 13.2 Å². The van der Waals surface area contributed by atoms with Gasteiger partial charge in [0, 0.05) is 38.3 Å². The third-order valence-electron chi connectivity index (χ3n) is 4.71. The van der Waals surface area contributed by atoms with Gasteiger partial charge in [-0.2, -0.15) is 0 Å². The van der Waals surface area contributed by atoms with Crippen molar-refractivity contribution in [2.75, 3.05) is 45.9 Å². The lowest BCUT2D eigenvalue weighted by atomic mass is 10.2. The van der Waals surface area contributed by atoms with Crippen LogP contribution in [-0.2, 0) is 0 Å². The summed E-state index contributed by atoms with van der Waals surface area (Å²) < 4.78 is 11.3. The van der Waals surface area contributed by atoms with Crippen molar-refractivity contribution in [3.63, 3.8) is 0 Å². The number of nitrogens with zero attached hydrogens (tertiary/aromatic N) is 2. The lowest BCUT2D eigenvalue weighted by molar-refractivity contribution is 0.0760. The van der Waals surface area contributed by atoms with Crippen molar-refractivity contribution in [1.29, 1.82) is 0 Å². The molecule has 0 aromatic heterocycles. The summed E-state index contributed by atoms with van der Waals surface area (Å²) in [5.74, 6) is 1.85. The molecule has 1 aliphatic rings. The number of ether oxygens (including phenoxy) is 2. The third-order valence-corrected chi connectivity index (χ3v) is 4.71. The number of carbonyl (C=O) groups excluding carboxylic acids is 1. The van der Waals surface area contributed by atoms with Gasteiger partial charge in [-0.05, 0) is 49.7 Å². The predicted octanol–water partition coefficient (Wildman–Crippen LogP) is 3.31. The molecule has 0 radical (unpaired) electrons. The van der Waals surface area contributed by atoms with E-state index in [4.69, 9.17) is 9.47 Å². The van der Waals surface area contributed by atoms with Crippen LogP contribution >= 0.6 is 0 Å². The smallest absolute Gasteiger partial charge is 0.253 e. The maximum atomic E-state index is 12.6. The first-order valence-electron chi connectivity index (χ1n) is 9.68. The fourth-order valence-electron chi connectivity index (χ4n) is 3.25. The number of hydrogen-bond donors (Lipinski definition) is 0. The van der Waals surface area contributed by atoms with Crippen molar-refractivity contribution in [2.24, 2.45) is 0 Å². The lowest BCUT2D eigenvalue weighted by Crippen LogP contribution is -2.36. The molecule has 0 bridgehead atoms. The van der Waals surface area contributed by atoms with E-state index in [-0.39, 0.29) is 5.91 Å². The largest absolute Gasteiger partial charge is 0.494 e. The molecule has 1 saturated heterocycles. The van der Waals surface area contributed by atoms with E-state index in [0.717, 1.165) is 56.2 Å². The maximum Gasteiger partial charge on any atom is 0.253 e. The van der Waals surface area contributed by atoms with E-state index in [1.807, 2.05) is 66.4 Å². The van der Waals surface area contributed by atoms with E-state index in [2.05, 4.69) is 4.90 Å². The van der Waals surface area contributed by atoms with Crippen LogP contribution in [-0.4, -0.2) is 61.6 Å². The molecule has 1 aliphatic heterocycles. The topological polar surface area (TPSA) is 42.0 Å². The number of rotatable bonds is 7. The van der Waals surface area contributed by atoms with Crippen molar-refractivity contribution >= 4 is 5.91 Å². The second-order valence-electron chi connectivity index (χ2n) is 6.61. The molecule has 2 aromatic rings. The SMILES string of the molecule is CCOc1ccc(OCCN2CCCN(C(=O)c3ccccc3)CC2)cc1. The average Bonchev–Trinajstić information content (AvgIpc) is 2.95. The molecule has 27 heavy (non-hydrogen) atoms. The Morgan fingerprint density at radius 2 is 1.59 bits per heavy atom. The van der Waals surface area contributed by atoms with Gasteiger partial charge in [0.05, 0.1) is 6.61 Å². The minimum atomic E-state index is 0.128. The highest BCUT2D eigenvalue weighted by atomic mass is 16.5. The van der Waals surface area contributed by atoms with Crippen molar-refractivity contribution in [2.45, 2.75) is 13.3 Å². The number of amides is 1. The molecule has 0 N–H and O–H groups in total. The maximum absolute atomic E-state index is 12.6. The zero-order chi connectivity index (χ0) is 18.9. The monoisotopic (exact) mass is 368 g/mol. The van der Waals surface area contributed by atoms with Crippen LogP contribution in [0.4, 0.5) is 0 Å². The molecular weight excluding hydrogens is 340 g/mol. The van der Waals surface area contributed by atoms with Crippen LogP contribution in [0, 0.1) is 0 Å². The number of carbonyl (C=O) groups is 1. The number of hydrogen-bond acceptors (Lipinski definition) is 4. The van der Waals surface area contributed by atoms with Crippen molar-refractivity contribution < 1.29 is 14.3 Å². The first-order chi connectivity index (χ1) is 13.3. The van der Waals surface area contributed by atoms with E-state index >= 15 is 0 Å². The molecule has 0 spiro atoms. The summed E-state index contributed by atoms with van der Waals surface area (Å²) in [6.07, 6.45) is 0.988. The second kappa shape index (κ2) is 9.97. The first kappa shape index (κ1) is 19.2. The molecular formula is C22H28N2O3. The quantitative estimate of drug-likeness (QED) is 0.752. The Kier molecular flexibility index (Phi) is 7.11. The van der Waals surface area contributed by atoms with Gasteiger partial charge in [0.15, 0.2) is 0 Å². The van der Waals surface area contributed by atoms with Crippen molar-refractivity contribution in [3.05, 3.63) is 60.2 Å². The van der Waals surface area contributed by atoms with Gasteiger partial charge >= 0.3 is 0 Å². The molecule has 1 fully saturated rings. The van der Waals surface area contributed by atoms with Gasteiger partial charge in [-0.1, -0.05) is 18.2 Å². The van der Waals surface area contributed by atoms with Crippen LogP contribution in [0.3, 0.4) is 0 Å². The highest BCUT2D eigenvalue weighted by molar-refractivity contribution is 5.94. The summed E-state index contributed by atoms with van der Waals surface area (Å²) in [7, 11) is 0. The Morgan fingerprint density at radius 1 is 0.889 bits per heavy atom. The molecule has 3 rings (SSSR count). The van der Waals surface area contributed by atoms with Crippen LogP contribution in [0.25, 0.3) is 0 Å². The van der Waals surface area contributed by atoms with E-state index < -0.39 is 0 Å². The molecule has 2 aromatic carbocycles. The minimum Gasteiger partial charge on any atom is -0.494 e. The second-order valence-corrected chi connectivity index (χ2v) is 6.61. The van der Waals surface area contributed by atoms with Crippen LogP contribution in [0.1, 0.15) is 23.7 Å². The summed E-state index contributed by atoms with van der Waals surface area (Å²) in [6, 6.07) is 17.3. The van der Waals surface area contributed by atoms with E-state index in [1.165, 1.54) is 0 Å². The Balaban J connectivity index is 1.42. The highest BCUT2D eigenvalue weighted by Crippen LogP contribution is 2.17. The molecule has 0 unspecified atom stereocenters. The highest BCUT2D eigenvalue weighted by Gasteiger charge is 2.19. The zero-order valence-corrected chi connectivity index (χ0v) is 16.0. The van der Waals surface area contributed by atoms with Gasteiger partial charge in [-0.3, -0.25) is 9.69 Å². The molecule has 1 amide bonds. The zero-order valence-electron chi connectivity index (χ0n) is 16.0. The van der Waals surface area contributed by atoms with Crippen LogP contribution in [0.2, 0.25) is 0 Å². The third kappa shape index (κ3) is 5.73. The van der Waals surface area contributed by atoms with Gasteiger partial charge < -0.3 is 14.4 Å². The lowest BCUT2D eigenvalue weighted by Gasteiger charge is -2.22. The van der Waals surface area contributed by atoms with E-state index in [9.17, 15) is 4.79 Å². The minimum absolute atomic E-state index is 0.128. The molecule has 0 atom stereocenters. The Bertz CT molecular complexity index is 703. The van der Waals surface area contributed by atoms with E-state index in [1.54, 1.807) is 0 Å². The summed E-state index contributed by atoms with van der Waals surface area (Å²) in [4.78, 5) is 16.9. The molecule has 144 valence electrons. The Morgan fingerprint density at radius 3 is 2.30 bits per heavy atom. The van der Waals surface area contributed by atoms with Gasteiger partial charge in [-0.25, -0.2) is 0 Å². The molecule has 0 aliphatic carbocycles. The summed E-state index contributed by atoms with van der Waals surface area (Å²) in [5, 5.41) is 0. The Hall–Kier alpha value is -2.53. The van der Waals surface area contributed by atoms with Crippen LogP contribution in [0.5, 0.6) is 11.5 Å². The summed E-state index contributed by atoms with van der Waals surface area (Å²) in [5.41, 5.74) is 0.768. The molecule has 1 heterocycles.